The maximum Gasteiger partial charge on any atom is 0.343 e. The van der Waals surface area contributed by atoms with Crippen molar-refractivity contribution in [3.8, 4) is 17.2 Å². The van der Waals surface area contributed by atoms with Gasteiger partial charge in [-0.2, -0.15) is 0 Å². The Hall–Kier alpha value is -2.73. The van der Waals surface area contributed by atoms with Gasteiger partial charge in [0, 0.05) is 5.56 Å². The molecule has 6 heteroatoms. The van der Waals surface area contributed by atoms with Gasteiger partial charge in [-0.15, -0.1) is 0 Å². The van der Waals surface area contributed by atoms with Crippen LogP contribution in [-0.2, 0) is 9.53 Å². The van der Waals surface area contributed by atoms with E-state index in [1.807, 2.05) is 30.3 Å². The monoisotopic (exact) mass is 416 g/mol. The van der Waals surface area contributed by atoms with Crippen LogP contribution >= 0.6 is 15.9 Å². The molecule has 0 saturated heterocycles. The van der Waals surface area contributed by atoms with Gasteiger partial charge in [-0.3, -0.25) is 0 Å². The second-order valence-electron chi connectivity index (χ2n) is 5.46. The third-order valence-electron chi connectivity index (χ3n) is 3.88. The first-order chi connectivity index (χ1) is 12.5. The first-order valence-corrected chi connectivity index (χ1v) is 8.56. The summed E-state index contributed by atoms with van der Waals surface area (Å²) >= 11 is 3.45. The van der Waals surface area contributed by atoms with E-state index in [1.165, 1.54) is 0 Å². The highest BCUT2D eigenvalue weighted by Gasteiger charge is 2.22. The zero-order valence-corrected chi connectivity index (χ0v) is 16.1. The first-order valence-electron chi connectivity index (χ1n) is 7.77. The number of rotatable bonds is 5. The van der Waals surface area contributed by atoms with Gasteiger partial charge in [0.25, 0.3) is 0 Å². The van der Waals surface area contributed by atoms with Gasteiger partial charge in [0.15, 0.2) is 11.5 Å². The molecular formula is C20H17BrO5. The SMILES string of the molecule is COc1ccc(C2=C/C(=C/c3cc(Br)c(OC)c(OC)c3)C(=O)O2)cc1. The van der Waals surface area contributed by atoms with Crippen molar-refractivity contribution in [2.24, 2.45) is 0 Å². The molecule has 0 N–H and O–H groups in total. The lowest BCUT2D eigenvalue weighted by atomic mass is 10.1. The number of hydrogen-bond acceptors (Lipinski definition) is 5. The summed E-state index contributed by atoms with van der Waals surface area (Å²) in [5.41, 5.74) is 2.04. The molecule has 1 heterocycles. The second-order valence-corrected chi connectivity index (χ2v) is 6.32. The van der Waals surface area contributed by atoms with Crippen molar-refractivity contribution in [2.45, 2.75) is 0 Å². The van der Waals surface area contributed by atoms with E-state index in [9.17, 15) is 4.79 Å². The molecule has 0 unspecified atom stereocenters. The fourth-order valence-corrected chi connectivity index (χ4v) is 3.21. The normalized spacial score (nSPS) is 14.8. The van der Waals surface area contributed by atoms with Gasteiger partial charge in [-0.25, -0.2) is 4.79 Å². The van der Waals surface area contributed by atoms with Crippen LogP contribution in [0.3, 0.4) is 0 Å². The fourth-order valence-electron chi connectivity index (χ4n) is 2.59. The van der Waals surface area contributed by atoms with Crippen LogP contribution in [0.4, 0.5) is 0 Å². The van der Waals surface area contributed by atoms with E-state index in [0.717, 1.165) is 21.3 Å². The summed E-state index contributed by atoms with van der Waals surface area (Å²) in [4.78, 5) is 12.2. The minimum Gasteiger partial charge on any atom is -0.497 e. The second kappa shape index (κ2) is 7.66. The maximum atomic E-state index is 12.2. The molecule has 0 atom stereocenters. The van der Waals surface area contributed by atoms with E-state index in [2.05, 4.69) is 15.9 Å². The highest BCUT2D eigenvalue weighted by Crippen LogP contribution is 2.37. The minimum atomic E-state index is -0.401. The van der Waals surface area contributed by atoms with Crippen LogP contribution in [0.1, 0.15) is 11.1 Å². The Morgan fingerprint density at radius 3 is 2.35 bits per heavy atom. The molecule has 0 spiro atoms. The Kier molecular flexibility index (Phi) is 5.32. The van der Waals surface area contributed by atoms with Crippen LogP contribution in [-0.4, -0.2) is 27.3 Å². The van der Waals surface area contributed by atoms with E-state index in [1.54, 1.807) is 39.5 Å². The molecule has 2 aromatic rings. The molecule has 0 radical (unpaired) electrons. The Bertz CT molecular complexity index is 897. The molecule has 2 aromatic carbocycles. The van der Waals surface area contributed by atoms with E-state index >= 15 is 0 Å². The molecule has 0 aliphatic carbocycles. The third kappa shape index (κ3) is 3.60. The van der Waals surface area contributed by atoms with Crippen molar-refractivity contribution >= 4 is 33.7 Å². The van der Waals surface area contributed by atoms with Gasteiger partial charge in [-0.1, -0.05) is 0 Å². The Balaban J connectivity index is 1.94. The number of benzene rings is 2. The quantitative estimate of drug-likeness (QED) is 0.531. The van der Waals surface area contributed by atoms with E-state index < -0.39 is 5.97 Å². The molecule has 0 bridgehead atoms. The molecule has 26 heavy (non-hydrogen) atoms. The zero-order valence-electron chi connectivity index (χ0n) is 14.5. The number of cyclic esters (lactones) is 1. The van der Waals surface area contributed by atoms with Gasteiger partial charge < -0.3 is 18.9 Å². The summed E-state index contributed by atoms with van der Waals surface area (Å²) in [7, 11) is 4.73. The summed E-state index contributed by atoms with van der Waals surface area (Å²) < 4.78 is 21.9. The summed E-state index contributed by atoms with van der Waals surface area (Å²) in [5.74, 6) is 2.01. The maximum absolute atomic E-state index is 12.2. The Morgan fingerprint density at radius 1 is 1.00 bits per heavy atom. The van der Waals surface area contributed by atoms with Gasteiger partial charge >= 0.3 is 5.97 Å². The van der Waals surface area contributed by atoms with Crippen molar-refractivity contribution in [2.75, 3.05) is 21.3 Å². The van der Waals surface area contributed by atoms with E-state index in [-0.39, 0.29) is 0 Å². The first kappa shape index (κ1) is 18.1. The summed E-state index contributed by atoms with van der Waals surface area (Å²) in [6, 6.07) is 11.0. The van der Waals surface area contributed by atoms with Crippen molar-refractivity contribution < 1.29 is 23.7 Å². The average Bonchev–Trinajstić information content (AvgIpc) is 3.01. The smallest absolute Gasteiger partial charge is 0.343 e. The van der Waals surface area contributed by atoms with Gasteiger partial charge in [0.2, 0.25) is 0 Å². The summed E-state index contributed by atoms with van der Waals surface area (Å²) in [6.07, 6.45) is 3.46. The predicted molar refractivity (Wildman–Crippen MR) is 102 cm³/mol. The third-order valence-corrected chi connectivity index (χ3v) is 4.47. The predicted octanol–water partition coefficient (Wildman–Crippen LogP) is 4.46. The molecule has 1 aliphatic rings. The van der Waals surface area contributed by atoms with Crippen molar-refractivity contribution in [3.63, 3.8) is 0 Å². The molecule has 0 amide bonds. The highest BCUT2D eigenvalue weighted by atomic mass is 79.9. The number of carbonyl (C=O) groups excluding carboxylic acids is 1. The largest absolute Gasteiger partial charge is 0.497 e. The molecular weight excluding hydrogens is 400 g/mol. The molecule has 0 aromatic heterocycles. The standard InChI is InChI=1S/C20H17BrO5/c1-23-15-6-4-13(5-7-15)17-11-14(20(22)26-17)8-12-9-16(21)19(25-3)18(10-12)24-2/h4-11H,1-3H3/b14-8-. The fraction of sp³-hybridized carbons (Fsp3) is 0.150. The topological polar surface area (TPSA) is 54.0 Å². The van der Waals surface area contributed by atoms with Crippen LogP contribution in [0.2, 0.25) is 0 Å². The van der Waals surface area contributed by atoms with Crippen LogP contribution in [0, 0.1) is 0 Å². The van der Waals surface area contributed by atoms with Gasteiger partial charge in [-0.05, 0) is 70.0 Å². The number of hydrogen-bond donors (Lipinski definition) is 0. The highest BCUT2D eigenvalue weighted by molar-refractivity contribution is 9.10. The molecule has 5 nitrogen and oxygen atoms in total. The molecule has 3 rings (SSSR count). The lowest BCUT2D eigenvalue weighted by Crippen LogP contribution is -1.97. The number of esters is 1. The summed E-state index contributed by atoms with van der Waals surface area (Å²) in [6.45, 7) is 0. The van der Waals surface area contributed by atoms with Crippen LogP contribution < -0.4 is 14.2 Å². The lowest BCUT2D eigenvalue weighted by Gasteiger charge is -2.10. The number of carbonyl (C=O) groups is 1. The van der Waals surface area contributed by atoms with Crippen LogP contribution in [0.15, 0.2) is 52.5 Å². The van der Waals surface area contributed by atoms with Crippen molar-refractivity contribution in [1.82, 2.24) is 0 Å². The average molecular weight is 417 g/mol. The molecule has 1 aliphatic heterocycles. The molecule has 0 fully saturated rings. The Labute approximate surface area is 160 Å². The zero-order chi connectivity index (χ0) is 18.7. The van der Waals surface area contributed by atoms with Crippen molar-refractivity contribution in [3.05, 3.63) is 63.6 Å². The molecule has 0 saturated carbocycles. The number of methoxy groups -OCH3 is 3. The Morgan fingerprint density at radius 2 is 1.73 bits per heavy atom. The van der Waals surface area contributed by atoms with E-state index in [0.29, 0.717) is 22.8 Å². The number of ether oxygens (including phenoxy) is 4. The lowest BCUT2D eigenvalue weighted by molar-refractivity contribution is -0.130. The van der Waals surface area contributed by atoms with Gasteiger partial charge in [0.05, 0.1) is 31.4 Å². The number of halogens is 1. The van der Waals surface area contributed by atoms with E-state index in [4.69, 9.17) is 18.9 Å². The van der Waals surface area contributed by atoms with Gasteiger partial charge in [0.1, 0.15) is 11.5 Å². The van der Waals surface area contributed by atoms with Crippen molar-refractivity contribution in [1.29, 1.82) is 0 Å². The minimum absolute atomic E-state index is 0.401. The van der Waals surface area contributed by atoms with Crippen LogP contribution in [0.5, 0.6) is 17.2 Å². The molecule has 134 valence electrons. The van der Waals surface area contributed by atoms with Crippen LogP contribution in [0.25, 0.3) is 11.8 Å². The summed E-state index contributed by atoms with van der Waals surface area (Å²) in [5, 5.41) is 0.